The number of nitrogens with two attached hydrogens (primary N) is 1. The zero-order valence-corrected chi connectivity index (χ0v) is 11.1. The van der Waals surface area contributed by atoms with Gasteiger partial charge in [-0.05, 0) is 36.4 Å². The van der Waals surface area contributed by atoms with Gasteiger partial charge in [0.15, 0.2) is 11.6 Å². The topological polar surface area (TPSA) is 72.5 Å². The van der Waals surface area contributed by atoms with Crippen molar-refractivity contribution in [2.24, 2.45) is 0 Å². The van der Waals surface area contributed by atoms with Gasteiger partial charge in [0.2, 0.25) is 0 Å². The molecule has 0 spiro atoms. The van der Waals surface area contributed by atoms with Gasteiger partial charge in [0, 0.05) is 10.2 Å². The van der Waals surface area contributed by atoms with Crippen LogP contribution < -0.4 is 10.5 Å². The number of anilines is 1. The van der Waals surface area contributed by atoms with Gasteiger partial charge < -0.3 is 15.6 Å². The predicted octanol–water partition coefficient (Wildman–Crippen LogP) is 3.66. The molecule has 98 valence electrons. The van der Waals surface area contributed by atoms with Crippen LogP contribution >= 0.6 is 15.9 Å². The second-order valence-electron chi connectivity index (χ2n) is 3.74. The molecule has 0 atom stereocenters. The molecule has 0 unspecified atom stereocenters. The van der Waals surface area contributed by atoms with Crippen LogP contribution in [0.25, 0.3) is 0 Å². The summed E-state index contributed by atoms with van der Waals surface area (Å²) >= 11 is 3.12. The number of aromatic carboxylic acids is 1. The number of carboxylic acid groups (broad SMARTS) is 1. The van der Waals surface area contributed by atoms with Gasteiger partial charge in [-0.25, -0.2) is 9.18 Å². The summed E-state index contributed by atoms with van der Waals surface area (Å²) in [7, 11) is 0. The third-order valence-corrected chi connectivity index (χ3v) is 2.84. The first-order valence-electron chi connectivity index (χ1n) is 5.23. The van der Waals surface area contributed by atoms with Crippen molar-refractivity contribution >= 4 is 27.6 Å². The van der Waals surface area contributed by atoms with Crippen molar-refractivity contribution in [3.05, 3.63) is 52.3 Å². The number of rotatable bonds is 3. The highest BCUT2D eigenvalue weighted by molar-refractivity contribution is 9.10. The van der Waals surface area contributed by atoms with Gasteiger partial charge in [-0.1, -0.05) is 15.9 Å². The minimum Gasteiger partial charge on any atom is -0.478 e. The van der Waals surface area contributed by atoms with E-state index in [1.807, 2.05) is 0 Å². The van der Waals surface area contributed by atoms with Crippen molar-refractivity contribution in [2.75, 3.05) is 5.73 Å². The fourth-order valence-electron chi connectivity index (χ4n) is 1.48. The monoisotopic (exact) mass is 325 g/mol. The quantitative estimate of drug-likeness (QED) is 0.844. The van der Waals surface area contributed by atoms with E-state index in [2.05, 4.69) is 15.9 Å². The number of hydrogen-bond acceptors (Lipinski definition) is 3. The van der Waals surface area contributed by atoms with Crippen molar-refractivity contribution in [3.63, 3.8) is 0 Å². The van der Waals surface area contributed by atoms with Crippen LogP contribution in [0, 0.1) is 5.82 Å². The predicted molar refractivity (Wildman–Crippen MR) is 72.0 cm³/mol. The molecule has 2 aromatic carbocycles. The summed E-state index contributed by atoms with van der Waals surface area (Å²) < 4.78 is 19.5. The summed E-state index contributed by atoms with van der Waals surface area (Å²) in [6.45, 7) is 0. The van der Waals surface area contributed by atoms with Gasteiger partial charge in [0.1, 0.15) is 11.3 Å². The second kappa shape index (κ2) is 5.27. The van der Waals surface area contributed by atoms with Crippen LogP contribution in [0.15, 0.2) is 40.9 Å². The Morgan fingerprint density at radius 3 is 2.53 bits per heavy atom. The number of carbonyl (C=O) groups is 1. The molecule has 0 fully saturated rings. The van der Waals surface area contributed by atoms with E-state index in [-0.39, 0.29) is 17.1 Å². The van der Waals surface area contributed by atoms with E-state index in [0.717, 1.165) is 0 Å². The lowest BCUT2D eigenvalue weighted by Gasteiger charge is -2.10. The van der Waals surface area contributed by atoms with Crippen molar-refractivity contribution in [1.82, 2.24) is 0 Å². The molecular weight excluding hydrogens is 317 g/mol. The molecule has 0 radical (unpaired) electrons. The molecule has 0 amide bonds. The Balaban J connectivity index is 2.40. The van der Waals surface area contributed by atoms with Gasteiger partial charge >= 0.3 is 5.97 Å². The summed E-state index contributed by atoms with van der Waals surface area (Å²) in [5.74, 6) is -1.82. The summed E-state index contributed by atoms with van der Waals surface area (Å²) in [6, 6.07) is 8.36. The smallest absolute Gasteiger partial charge is 0.339 e. The van der Waals surface area contributed by atoms with Crippen LogP contribution in [0.4, 0.5) is 10.1 Å². The fraction of sp³-hybridized carbons (Fsp3) is 0. The van der Waals surface area contributed by atoms with E-state index in [0.29, 0.717) is 10.2 Å². The lowest BCUT2D eigenvalue weighted by molar-refractivity contribution is 0.0694. The first-order chi connectivity index (χ1) is 8.97. The number of carboxylic acids is 1. The average Bonchev–Trinajstić information content (AvgIpc) is 2.34. The van der Waals surface area contributed by atoms with Crippen molar-refractivity contribution in [2.45, 2.75) is 0 Å². The standard InChI is InChI=1S/C13H9BrFNO3/c14-7-1-3-12(10(15)5-7)19-11-4-2-8(16)6-9(11)13(17)18/h1-6H,16H2,(H,17,18). The van der Waals surface area contributed by atoms with Crippen LogP contribution in [0.3, 0.4) is 0 Å². The number of benzene rings is 2. The van der Waals surface area contributed by atoms with Gasteiger partial charge in [-0.15, -0.1) is 0 Å². The highest BCUT2D eigenvalue weighted by Gasteiger charge is 2.14. The van der Waals surface area contributed by atoms with Crippen molar-refractivity contribution < 1.29 is 19.0 Å². The molecule has 0 aliphatic heterocycles. The molecule has 0 saturated heterocycles. The molecule has 0 aliphatic rings. The first-order valence-corrected chi connectivity index (χ1v) is 6.02. The summed E-state index contributed by atoms with van der Waals surface area (Å²) in [6.07, 6.45) is 0. The fourth-order valence-corrected chi connectivity index (χ4v) is 1.81. The van der Waals surface area contributed by atoms with E-state index < -0.39 is 11.8 Å². The summed E-state index contributed by atoms with van der Waals surface area (Å²) in [5, 5.41) is 9.04. The zero-order valence-electron chi connectivity index (χ0n) is 9.56. The van der Waals surface area contributed by atoms with E-state index >= 15 is 0 Å². The molecule has 2 aromatic rings. The summed E-state index contributed by atoms with van der Waals surface area (Å²) in [5.41, 5.74) is 5.68. The zero-order chi connectivity index (χ0) is 14.0. The Hall–Kier alpha value is -2.08. The number of ether oxygens (including phenoxy) is 1. The minimum absolute atomic E-state index is 0.0305. The van der Waals surface area contributed by atoms with E-state index in [1.165, 1.54) is 30.3 Å². The molecular formula is C13H9BrFNO3. The lowest BCUT2D eigenvalue weighted by atomic mass is 10.2. The van der Waals surface area contributed by atoms with Crippen LogP contribution in [0.5, 0.6) is 11.5 Å². The lowest BCUT2D eigenvalue weighted by Crippen LogP contribution is -2.02. The van der Waals surface area contributed by atoms with E-state index in [9.17, 15) is 9.18 Å². The number of halogens is 2. The maximum Gasteiger partial charge on any atom is 0.339 e. The molecule has 0 aliphatic carbocycles. The number of nitrogen functional groups attached to an aromatic ring is 1. The Kier molecular flexibility index (Phi) is 3.71. The Labute approximate surface area is 116 Å². The third-order valence-electron chi connectivity index (χ3n) is 2.35. The number of hydrogen-bond donors (Lipinski definition) is 2. The van der Waals surface area contributed by atoms with Gasteiger partial charge in [-0.2, -0.15) is 0 Å². The maximum atomic E-state index is 13.6. The molecule has 3 N–H and O–H groups in total. The average molecular weight is 326 g/mol. The largest absolute Gasteiger partial charge is 0.478 e. The highest BCUT2D eigenvalue weighted by atomic mass is 79.9. The van der Waals surface area contributed by atoms with E-state index in [4.69, 9.17) is 15.6 Å². The summed E-state index contributed by atoms with van der Waals surface area (Å²) in [4.78, 5) is 11.1. The highest BCUT2D eigenvalue weighted by Crippen LogP contribution is 2.30. The molecule has 0 bridgehead atoms. The van der Waals surface area contributed by atoms with Crippen molar-refractivity contribution in [1.29, 1.82) is 0 Å². The van der Waals surface area contributed by atoms with Crippen molar-refractivity contribution in [3.8, 4) is 11.5 Å². The maximum absolute atomic E-state index is 13.6. The van der Waals surface area contributed by atoms with Gasteiger partial charge in [-0.3, -0.25) is 0 Å². The Bertz CT molecular complexity index is 646. The van der Waals surface area contributed by atoms with Crippen LogP contribution in [0.2, 0.25) is 0 Å². The van der Waals surface area contributed by atoms with Gasteiger partial charge in [0.05, 0.1) is 0 Å². The second-order valence-corrected chi connectivity index (χ2v) is 4.65. The van der Waals surface area contributed by atoms with E-state index in [1.54, 1.807) is 6.07 Å². The molecule has 4 nitrogen and oxygen atoms in total. The molecule has 6 heteroatoms. The minimum atomic E-state index is -1.19. The Morgan fingerprint density at radius 1 is 1.21 bits per heavy atom. The molecule has 0 aromatic heterocycles. The SMILES string of the molecule is Nc1ccc(Oc2ccc(Br)cc2F)c(C(=O)O)c1. The third kappa shape index (κ3) is 3.03. The van der Waals surface area contributed by atoms with Crippen LogP contribution in [-0.4, -0.2) is 11.1 Å². The normalized spacial score (nSPS) is 10.2. The molecule has 2 rings (SSSR count). The molecule has 19 heavy (non-hydrogen) atoms. The van der Waals surface area contributed by atoms with Crippen LogP contribution in [-0.2, 0) is 0 Å². The Morgan fingerprint density at radius 2 is 1.89 bits per heavy atom. The first kappa shape index (κ1) is 13.4. The van der Waals surface area contributed by atoms with Crippen LogP contribution in [0.1, 0.15) is 10.4 Å². The van der Waals surface area contributed by atoms with Gasteiger partial charge in [0.25, 0.3) is 0 Å². The molecule has 0 saturated carbocycles. The molecule has 0 heterocycles.